The zero-order valence-corrected chi connectivity index (χ0v) is 38.4. The molecule has 2 saturated heterocycles. The predicted octanol–water partition coefficient (Wildman–Crippen LogP) is 8.59. The SMILES string of the molecule is CC(C)N(CC1CCCN(c2ncnc3ccc(F)cc23)C1)S(=O)(=O)c1ccccc1.CC(C)N(CC1CCCNC1)S(=O)(=O)c1ccccc1.Fc1ccc2ncnc(Cl)c2c1. The summed E-state index contributed by atoms with van der Waals surface area (Å²) in [7, 11) is -6.98. The van der Waals surface area contributed by atoms with E-state index in [0.29, 0.717) is 63.0 Å². The summed E-state index contributed by atoms with van der Waals surface area (Å²) in [5.41, 5.74) is 1.35. The third kappa shape index (κ3) is 12.3. The molecular formula is C46H55ClF2N8O4S2. The van der Waals surface area contributed by atoms with E-state index < -0.39 is 20.0 Å². The minimum absolute atomic E-state index is 0.0258. The van der Waals surface area contributed by atoms with E-state index in [1.807, 2.05) is 39.8 Å². The second kappa shape index (κ2) is 21.8. The van der Waals surface area contributed by atoms with E-state index in [-0.39, 0.29) is 34.8 Å². The number of sulfonamides is 2. The highest BCUT2D eigenvalue weighted by molar-refractivity contribution is 7.89. The van der Waals surface area contributed by atoms with Gasteiger partial charge in [-0.1, -0.05) is 48.0 Å². The molecule has 6 aromatic rings. The summed E-state index contributed by atoms with van der Waals surface area (Å²) in [6.45, 7) is 12.1. The first kappa shape index (κ1) is 47.8. The third-order valence-corrected chi connectivity index (χ3v) is 15.5. The van der Waals surface area contributed by atoms with Crippen LogP contribution in [-0.4, -0.2) is 96.7 Å². The lowest BCUT2D eigenvalue weighted by atomic mass is 9.97. The lowest BCUT2D eigenvalue weighted by Gasteiger charge is -2.37. The van der Waals surface area contributed by atoms with Crippen LogP contribution < -0.4 is 10.2 Å². The van der Waals surface area contributed by atoms with Gasteiger partial charge in [-0.25, -0.2) is 45.6 Å². The highest BCUT2D eigenvalue weighted by Gasteiger charge is 2.33. The summed E-state index contributed by atoms with van der Waals surface area (Å²) in [4.78, 5) is 19.2. The van der Waals surface area contributed by atoms with Gasteiger partial charge in [-0.3, -0.25) is 0 Å². The van der Waals surface area contributed by atoms with Gasteiger partial charge in [0.25, 0.3) is 0 Å². The molecule has 0 radical (unpaired) electrons. The van der Waals surface area contributed by atoms with Crippen LogP contribution in [0.1, 0.15) is 53.4 Å². The number of halogens is 3. The smallest absolute Gasteiger partial charge is 0.243 e. The molecule has 2 atom stereocenters. The number of hydrogen-bond acceptors (Lipinski definition) is 10. The van der Waals surface area contributed by atoms with Gasteiger partial charge >= 0.3 is 0 Å². The highest BCUT2D eigenvalue weighted by Crippen LogP contribution is 2.30. The minimum Gasteiger partial charge on any atom is -0.356 e. The number of piperidine rings is 2. The average molecular weight is 922 g/mol. The molecule has 4 aromatic carbocycles. The Bertz CT molecular complexity index is 2640. The van der Waals surface area contributed by atoms with Crippen molar-refractivity contribution in [1.82, 2.24) is 33.9 Å². The van der Waals surface area contributed by atoms with Crippen molar-refractivity contribution in [3.63, 3.8) is 0 Å². The molecule has 0 spiro atoms. The van der Waals surface area contributed by atoms with E-state index in [4.69, 9.17) is 11.6 Å². The monoisotopic (exact) mass is 920 g/mol. The lowest BCUT2D eigenvalue weighted by molar-refractivity contribution is 0.264. The van der Waals surface area contributed by atoms with Crippen LogP contribution in [0.15, 0.2) is 120 Å². The van der Waals surface area contributed by atoms with Crippen LogP contribution in [0, 0.1) is 23.5 Å². The molecule has 0 amide bonds. The summed E-state index contributed by atoms with van der Waals surface area (Å²) in [6, 6.07) is 25.9. The Kier molecular flexibility index (Phi) is 16.5. The van der Waals surface area contributed by atoms with Gasteiger partial charge in [-0.05, 0) is 139 Å². The molecule has 4 heterocycles. The topological polar surface area (TPSA) is 142 Å². The van der Waals surface area contributed by atoms with E-state index in [0.717, 1.165) is 45.3 Å². The van der Waals surface area contributed by atoms with Crippen molar-refractivity contribution < 1.29 is 25.6 Å². The summed E-state index contributed by atoms with van der Waals surface area (Å²) in [5.74, 6) is 0.602. The number of anilines is 1. The van der Waals surface area contributed by atoms with Gasteiger partial charge in [0, 0.05) is 49.0 Å². The minimum atomic E-state index is -3.58. The van der Waals surface area contributed by atoms with Crippen molar-refractivity contribution in [2.45, 2.75) is 75.3 Å². The van der Waals surface area contributed by atoms with Crippen LogP contribution in [-0.2, 0) is 20.0 Å². The molecule has 2 aromatic heterocycles. The maximum absolute atomic E-state index is 13.9. The van der Waals surface area contributed by atoms with Crippen molar-refractivity contribution in [3.8, 4) is 0 Å². The Morgan fingerprint density at radius 1 is 0.683 bits per heavy atom. The zero-order valence-electron chi connectivity index (χ0n) is 36.0. The van der Waals surface area contributed by atoms with Crippen LogP contribution >= 0.6 is 11.6 Å². The van der Waals surface area contributed by atoms with E-state index in [2.05, 4.69) is 30.2 Å². The van der Waals surface area contributed by atoms with Gasteiger partial charge < -0.3 is 10.2 Å². The first-order valence-corrected chi connectivity index (χ1v) is 24.5. The van der Waals surface area contributed by atoms with Gasteiger partial charge in [0.15, 0.2) is 0 Å². The molecular weight excluding hydrogens is 866 g/mol. The van der Waals surface area contributed by atoms with Crippen molar-refractivity contribution in [2.24, 2.45) is 11.8 Å². The molecule has 0 bridgehead atoms. The van der Waals surface area contributed by atoms with E-state index >= 15 is 0 Å². The number of benzene rings is 4. The first-order chi connectivity index (χ1) is 30.1. The van der Waals surface area contributed by atoms with Crippen molar-refractivity contribution >= 4 is 59.3 Å². The quantitative estimate of drug-likeness (QED) is 0.126. The standard InChI is InChI=1S/C23H27FN4O2S.C15H24N2O2S.C8H4ClFN2/c1-17(2)28(31(29,30)20-8-4-3-5-9-20)15-18-7-6-12-27(14-18)23-21-13-19(24)10-11-22(21)25-16-26-23;1-13(2)17(12-14-7-6-10-16-11-14)20(18,19)15-8-4-3-5-9-15;9-8-6-3-5(10)1-2-7(6)11-4-12-8/h3-5,8-11,13,16-18H,6-7,12,14-15H2,1-2H3;3-5,8-9,13-14,16H,6-7,10-12H2,1-2H3;1-4H. The van der Waals surface area contributed by atoms with Gasteiger partial charge in [0.05, 0.1) is 20.8 Å². The Morgan fingerprint density at radius 3 is 1.73 bits per heavy atom. The zero-order chi connectivity index (χ0) is 45.1. The summed E-state index contributed by atoms with van der Waals surface area (Å²) in [5, 5.41) is 4.85. The van der Waals surface area contributed by atoms with Gasteiger partial charge in [-0.15, -0.1) is 0 Å². The highest BCUT2D eigenvalue weighted by atomic mass is 35.5. The second-order valence-electron chi connectivity index (χ2n) is 16.3. The lowest BCUT2D eigenvalue weighted by Crippen LogP contribution is -2.45. The number of hydrogen-bond donors (Lipinski definition) is 1. The van der Waals surface area contributed by atoms with Crippen LogP contribution in [0.3, 0.4) is 0 Å². The summed E-state index contributed by atoms with van der Waals surface area (Å²) >= 11 is 5.71. The molecule has 0 aliphatic carbocycles. The molecule has 0 saturated carbocycles. The van der Waals surface area contributed by atoms with E-state index in [1.165, 1.54) is 36.9 Å². The number of nitrogens with one attached hydrogen (secondary N) is 1. The number of rotatable bonds is 11. The predicted molar refractivity (Wildman–Crippen MR) is 245 cm³/mol. The maximum atomic E-state index is 13.9. The third-order valence-electron chi connectivity index (χ3n) is 11.1. The van der Waals surface area contributed by atoms with Crippen molar-refractivity contribution in [3.05, 3.63) is 127 Å². The first-order valence-electron chi connectivity index (χ1n) is 21.2. The molecule has 2 unspecified atom stereocenters. The van der Waals surface area contributed by atoms with Gasteiger partial charge in [-0.2, -0.15) is 8.61 Å². The fourth-order valence-corrected chi connectivity index (χ4v) is 11.6. The number of nitrogens with zero attached hydrogens (tertiary/aromatic N) is 7. The Hall–Kier alpha value is -4.71. The van der Waals surface area contributed by atoms with Crippen LogP contribution in [0.4, 0.5) is 14.6 Å². The molecule has 2 aliphatic rings. The Morgan fingerprint density at radius 2 is 1.19 bits per heavy atom. The van der Waals surface area contributed by atoms with Crippen LogP contribution in [0.25, 0.3) is 21.8 Å². The maximum Gasteiger partial charge on any atom is 0.243 e. The molecule has 336 valence electrons. The summed E-state index contributed by atoms with van der Waals surface area (Å²) in [6.07, 6.45) is 6.93. The molecule has 1 N–H and O–H groups in total. The van der Waals surface area contributed by atoms with E-state index in [9.17, 15) is 25.6 Å². The van der Waals surface area contributed by atoms with Crippen LogP contribution in [0.2, 0.25) is 5.15 Å². The molecule has 2 fully saturated rings. The fourth-order valence-electron chi connectivity index (χ4n) is 7.89. The molecule has 12 nitrogen and oxygen atoms in total. The molecule has 8 rings (SSSR count). The largest absolute Gasteiger partial charge is 0.356 e. The molecule has 17 heteroatoms. The van der Waals surface area contributed by atoms with Gasteiger partial charge in [0.2, 0.25) is 20.0 Å². The van der Waals surface area contributed by atoms with E-state index in [1.54, 1.807) is 69.3 Å². The second-order valence-corrected chi connectivity index (χ2v) is 20.5. The summed E-state index contributed by atoms with van der Waals surface area (Å²) < 4.78 is 81.8. The number of fused-ring (bicyclic) bond motifs is 2. The van der Waals surface area contributed by atoms with Crippen LogP contribution in [0.5, 0.6) is 0 Å². The number of aromatic nitrogens is 4. The Balaban J connectivity index is 0.000000175. The normalized spacial score (nSPS) is 17.2. The van der Waals surface area contributed by atoms with Gasteiger partial charge in [0.1, 0.15) is 35.3 Å². The average Bonchev–Trinajstić information content (AvgIpc) is 3.28. The molecule has 63 heavy (non-hydrogen) atoms. The Labute approximate surface area is 374 Å². The molecule has 2 aliphatic heterocycles. The van der Waals surface area contributed by atoms with Crippen molar-refractivity contribution in [1.29, 1.82) is 0 Å². The van der Waals surface area contributed by atoms with Crippen molar-refractivity contribution in [2.75, 3.05) is 44.2 Å². The fraction of sp³-hybridized carbons (Fsp3) is 0.391.